The number of aromatic nitrogens is 1. The fourth-order valence-corrected chi connectivity index (χ4v) is 1.67. The number of benzene rings is 1. The Bertz CT molecular complexity index is 570. The van der Waals surface area contributed by atoms with E-state index in [9.17, 15) is 4.79 Å². The van der Waals surface area contributed by atoms with Gasteiger partial charge in [0, 0.05) is 30.7 Å². The number of methoxy groups -OCH3 is 1. The molecular formula is C14H15N3O2. The smallest absolute Gasteiger partial charge is 0.255 e. The van der Waals surface area contributed by atoms with Crippen LogP contribution in [0.5, 0.6) is 5.75 Å². The minimum atomic E-state index is -0.200. The van der Waals surface area contributed by atoms with Crippen molar-refractivity contribution in [3.05, 3.63) is 53.9 Å². The Morgan fingerprint density at radius 1 is 1.32 bits per heavy atom. The van der Waals surface area contributed by atoms with E-state index in [0.717, 1.165) is 5.56 Å². The van der Waals surface area contributed by atoms with Gasteiger partial charge in [-0.1, -0.05) is 0 Å². The van der Waals surface area contributed by atoms with Crippen LogP contribution in [0.3, 0.4) is 0 Å². The van der Waals surface area contributed by atoms with E-state index in [1.165, 1.54) is 7.11 Å². The van der Waals surface area contributed by atoms with E-state index < -0.39 is 0 Å². The van der Waals surface area contributed by atoms with Gasteiger partial charge in [0.25, 0.3) is 5.91 Å². The topological polar surface area (TPSA) is 77.2 Å². The second kappa shape index (κ2) is 5.86. The van der Waals surface area contributed by atoms with Gasteiger partial charge in [-0.25, -0.2) is 0 Å². The molecule has 98 valence electrons. The number of nitrogens with one attached hydrogen (secondary N) is 1. The zero-order valence-corrected chi connectivity index (χ0v) is 10.6. The minimum Gasteiger partial charge on any atom is -0.496 e. The van der Waals surface area contributed by atoms with Crippen molar-refractivity contribution in [2.24, 2.45) is 0 Å². The van der Waals surface area contributed by atoms with Gasteiger partial charge in [0.05, 0.1) is 12.7 Å². The second-order valence-electron chi connectivity index (χ2n) is 4.00. The van der Waals surface area contributed by atoms with E-state index in [0.29, 0.717) is 23.5 Å². The van der Waals surface area contributed by atoms with Gasteiger partial charge < -0.3 is 15.8 Å². The number of nitrogens with zero attached hydrogens (tertiary/aromatic N) is 1. The molecule has 0 bridgehead atoms. The van der Waals surface area contributed by atoms with E-state index in [1.54, 1.807) is 30.6 Å². The van der Waals surface area contributed by atoms with Gasteiger partial charge in [0.1, 0.15) is 5.75 Å². The molecule has 0 radical (unpaired) electrons. The molecule has 0 saturated carbocycles. The molecule has 1 amide bonds. The number of carbonyl (C=O) groups is 1. The molecule has 5 nitrogen and oxygen atoms in total. The molecule has 0 aliphatic carbocycles. The average Bonchev–Trinajstić information content (AvgIpc) is 2.45. The summed E-state index contributed by atoms with van der Waals surface area (Å²) in [6, 6.07) is 8.64. The molecule has 19 heavy (non-hydrogen) atoms. The third-order valence-electron chi connectivity index (χ3n) is 2.67. The third kappa shape index (κ3) is 3.22. The van der Waals surface area contributed by atoms with Crippen LogP contribution in [-0.2, 0) is 6.54 Å². The number of hydrogen-bond donors (Lipinski definition) is 2. The molecule has 2 rings (SSSR count). The van der Waals surface area contributed by atoms with Crippen molar-refractivity contribution < 1.29 is 9.53 Å². The normalized spacial score (nSPS) is 9.95. The summed E-state index contributed by atoms with van der Waals surface area (Å²) in [5.41, 5.74) is 7.66. The summed E-state index contributed by atoms with van der Waals surface area (Å²) in [6.07, 6.45) is 3.37. The van der Waals surface area contributed by atoms with Crippen LogP contribution in [0.4, 0.5) is 5.69 Å². The van der Waals surface area contributed by atoms with Crippen LogP contribution >= 0.6 is 0 Å². The summed E-state index contributed by atoms with van der Waals surface area (Å²) >= 11 is 0. The summed E-state index contributed by atoms with van der Waals surface area (Å²) < 4.78 is 5.15. The summed E-state index contributed by atoms with van der Waals surface area (Å²) in [5, 5.41) is 2.82. The molecule has 1 aromatic heterocycles. The highest BCUT2D eigenvalue weighted by molar-refractivity contribution is 5.97. The van der Waals surface area contributed by atoms with Crippen molar-refractivity contribution in [1.29, 1.82) is 0 Å². The summed E-state index contributed by atoms with van der Waals surface area (Å²) in [6.45, 7) is 0.439. The maximum Gasteiger partial charge on any atom is 0.255 e. The number of ether oxygens (including phenoxy) is 1. The van der Waals surface area contributed by atoms with Crippen LogP contribution in [0.15, 0.2) is 42.7 Å². The first-order chi connectivity index (χ1) is 9.20. The van der Waals surface area contributed by atoms with Crippen molar-refractivity contribution in [1.82, 2.24) is 10.3 Å². The fraction of sp³-hybridized carbons (Fsp3) is 0.143. The highest BCUT2D eigenvalue weighted by Gasteiger charge is 2.11. The summed E-state index contributed by atoms with van der Waals surface area (Å²) in [7, 11) is 1.51. The van der Waals surface area contributed by atoms with Gasteiger partial charge in [0.2, 0.25) is 0 Å². The number of anilines is 1. The van der Waals surface area contributed by atoms with E-state index in [4.69, 9.17) is 10.5 Å². The van der Waals surface area contributed by atoms with Gasteiger partial charge in [-0.3, -0.25) is 9.78 Å². The Labute approximate surface area is 111 Å². The van der Waals surface area contributed by atoms with E-state index in [1.807, 2.05) is 12.1 Å². The lowest BCUT2D eigenvalue weighted by molar-refractivity contribution is 0.0948. The first-order valence-electron chi connectivity index (χ1n) is 5.81. The predicted octanol–water partition coefficient (Wildman–Crippen LogP) is 1.60. The average molecular weight is 257 g/mol. The van der Waals surface area contributed by atoms with Crippen molar-refractivity contribution >= 4 is 11.6 Å². The van der Waals surface area contributed by atoms with Crippen LogP contribution < -0.4 is 15.8 Å². The van der Waals surface area contributed by atoms with E-state index in [2.05, 4.69) is 10.3 Å². The lowest BCUT2D eigenvalue weighted by Gasteiger charge is -2.10. The summed E-state index contributed by atoms with van der Waals surface area (Å²) in [4.78, 5) is 16.0. The number of pyridine rings is 1. The van der Waals surface area contributed by atoms with Crippen LogP contribution in [0.2, 0.25) is 0 Å². The fourth-order valence-electron chi connectivity index (χ4n) is 1.67. The maximum atomic E-state index is 12.1. The molecule has 3 N–H and O–H groups in total. The van der Waals surface area contributed by atoms with Crippen LogP contribution in [0.25, 0.3) is 0 Å². The number of amides is 1. The molecule has 0 unspecified atom stereocenters. The minimum absolute atomic E-state index is 0.200. The molecule has 0 atom stereocenters. The van der Waals surface area contributed by atoms with Gasteiger partial charge in [-0.15, -0.1) is 0 Å². The number of carbonyl (C=O) groups excluding carboxylic acids is 1. The SMILES string of the molecule is COc1cc(N)ccc1C(=O)NCc1ccncc1. The standard InChI is InChI=1S/C14H15N3O2/c1-19-13-8-11(15)2-3-12(13)14(18)17-9-10-4-6-16-7-5-10/h2-8H,9,15H2,1H3,(H,17,18). The lowest BCUT2D eigenvalue weighted by Crippen LogP contribution is -2.23. The first kappa shape index (κ1) is 12.9. The molecule has 5 heteroatoms. The van der Waals surface area contributed by atoms with Crippen LogP contribution in [0, 0.1) is 0 Å². The van der Waals surface area contributed by atoms with Crippen molar-refractivity contribution in [3.63, 3.8) is 0 Å². The lowest BCUT2D eigenvalue weighted by atomic mass is 10.1. The molecule has 0 fully saturated rings. The summed E-state index contributed by atoms with van der Waals surface area (Å²) in [5.74, 6) is 0.265. The van der Waals surface area contributed by atoms with Crippen molar-refractivity contribution in [2.45, 2.75) is 6.54 Å². The zero-order valence-electron chi connectivity index (χ0n) is 10.6. The van der Waals surface area contributed by atoms with E-state index >= 15 is 0 Å². The first-order valence-corrected chi connectivity index (χ1v) is 5.81. The van der Waals surface area contributed by atoms with Gasteiger partial charge >= 0.3 is 0 Å². The Morgan fingerprint density at radius 2 is 2.05 bits per heavy atom. The van der Waals surface area contributed by atoms with Crippen molar-refractivity contribution in [3.8, 4) is 5.75 Å². The highest BCUT2D eigenvalue weighted by Crippen LogP contribution is 2.21. The van der Waals surface area contributed by atoms with Gasteiger partial charge in [0.15, 0.2) is 0 Å². The van der Waals surface area contributed by atoms with Gasteiger partial charge in [-0.05, 0) is 29.8 Å². The largest absolute Gasteiger partial charge is 0.496 e. The van der Waals surface area contributed by atoms with Crippen LogP contribution in [0.1, 0.15) is 15.9 Å². The molecule has 0 saturated heterocycles. The van der Waals surface area contributed by atoms with Gasteiger partial charge in [-0.2, -0.15) is 0 Å². The molecule has 2 aromatic rings. The number of nitrogens with two attached hydrogens (primary N) is 1. The van der Waals surface area contributed by atoms with E-state index in [-0.39, 0.29) is 5.91 Å². The number of nitrogen functional groups attached to an aromatic ring is 1. The molecular weight excluding hydrogens is 242 g/mol. The highest BCUT2D eigenvalue weighted by atomic mass is 16.5. The predicted molar refractivity (Wildman–Crippen MR) is 72.8 cm³/mol. The Kier molecular flexibility index (Phi) is 3.97. The molecule has 0 aliphatic heterocycles. The molecule has 0 spiro atoms. The monoisotopic (exact) mass is 257 g/mol. The molecule has 0 aliphatic rings. The van der Waals surface area contributed by atoms with Crippen molar-refractivity contribution in [2.75, 3.05) is 12.8 Å². The van der Waals surface area contributed by atoms with Crippen LogP contribution in [-0.4, -0.2) is 18.0 Å². The zero-order chi connectivity index (χ0) is 13.7. The maximum absolute atomic E-state index is 12.1. The molecule has 1 heterocycles. The third-order valence-corrected chi connectivity index (χ3v) is 2.67. The second-order valence-corrected chi connectivity index (χ2v) is 4.00. The Hall–Kier alpha value is -2.56. The Morgan fingerprint density at radius 3 is 2.74 bits per heavy atom. The Balaban J connectivity index is 2.08. The number of rotatable bonds is 4. The quantitative estimate of drug-likeness (QED) is 0.816. The number of hydrogen-bond acceptors (Lipinski definition) is 4. The molecule has 1 aromatic carbocycles.